The van der Waals surface area contributed by atoms with Crippen molar-refractivity contribution in [1.82, 2.24) is 4.98 Å². The fourth-order valence-corrected chi connectivity index (χ4v) is 3.64. The molecular formula is C21H24ClN3O2S. The summed E-state index contributed by atoms with van der Waals surface area (Å²) in [5.41, 5.74) is 2.98. The quantitative estimate of drug-likeness (QED) is 0.554. The first-order chi connectivity index (χ1) is 13.5. The van der Waals surface area contributed by atoms with Crippen LogP contribution in [0, 0.1) is 18.3 Å². The summed E-state index contributed by atoms with van der Waals surface area (Å²) in [6.07, 6.45) is 3.35. The molecule has 28 heavy (non-hydrogen) atoms. The lowest BCUT2D eigenvalue weighted by Crippen LogP contribution is -2.13. The van der Waals surface area contributed by atoms with E-state index < -0.39 is 0 Å². The Morgan fingerprint density at radius 1 is 1.39 bits per heavy atom. The number of anilines is 1. The molecule has 0 aliphatic rings. The molecule has 0 unspecified atom stereocenters. The number of aromatic nitrogens is 1. The molecule has 0 radical (unpaired) electrons. The van der Waals surface area contributed by atoms with Crippen molar-refractivity contribution in [2.24, 2.45) is 0 Å². The van der Waals surface area contributed by atoms with Crippen LogP contribution in [0.5, 0.6) is 5.75 Å². The normalized spacial score (nSPS) is 10.4. The highest BCUT2D eigenvalue weighted by Gasteiger charge is 2.12. The van der Waals surface area contributed by atoms with Crippen molar-refractivity contribution in [1.29, 1.82) is 5.26 Å². The number of carbonyl (C=O) groups is 1. The summed E-state index contributed by atoms with van der Waals surface area (Å²) < 4.78 is 5.28. The molecule has 2 aromatic rings. The lowest BCUT2D eigenvalue weighted by molar-refractivity contribution is -0.115. The van der Waals surface area contributed by atoms with E-state index in [4.69, 9.17) is 16.3 Å². The van der Waals surface area contributed by atoms with E-state index in [2.05, 4.69) is 23.3 Å². The van der Waals surface area contributed by atoms with Crippen LogP contribution >= 0.6 is 23.4 Å². The zero-order valence-electron chi connectivity index (χ0n) is 16.3. The van der Waals surface area contributed by atoms with Crippen molar-refractivity contribution < 1.29 is 9.53 Å². The third kappa shape index (κ3) is 6.15. The van der Waals surface area contributed by atoms with Crippen LogP contribution in [-0.4, -0.2) is 23.8 Å². The van der Waals surface area contributed by atoms with Crippen LogP contribution in [0.2, 0.25) is 5.02 Å². The molecular weight excluding hydrogens is 394 g/mol. The molecule has 0 aliphatic heterocycles. The third-order valence-corrected chi connectivity index (χ3v) is 5.55. The summed E-state index contributed by atoms with van der Waals surface area (Å²) in [5, 5.41) is 13.4. The Labute approximate surface area is 175 Å². The van der Waals surface area contributed by atoms with E-state index in [1.165, 1.54) is 18.9 Å². The Kier molecular flexibility index (Phi) is 8.62. The molecule has 0 atom stereocenters. The molecule has 1 aromatic carbocycles. The molecule has 1 amide bonds. The van der Waals surface area contributed by atoms with Crippen LogP contribution in [0.1, 0.15) is 43.0 Å². The number of methoxy groups -OCH3 is 1. The summed E-state index contributed by atoms with van der Waals surface area (Å²) in [5.74, 6) is 0.918. The van der Waals surface area contributed by atoms with Gasteiger partial charge in [-0.15, -0.1) is 11.8 Å². The number of thioether (sulfide) groups is 1. The number of carbonyl (C=O) groups excluding carboxylic acids is 1. The second-order valence-electron chi connectivity index (χ2n) is 6.32. The zero-order chi connectivity index (χ0) is 20.5. The number of halogens is 1. The summed E-state index contributed by atoms with van der Waals surface area (Å²) in [6, 6.07) is 9.36. The molecule has 5 nitrogen and oxygen atoms in total. The number of benzene rings is 1. The molecule has 1 heterocycles. The van der Waals surface area contributed by atoms with E-state index in [1.54, 1.807) is 12.1 Å². The number of hydrogen-bond acceptors (Lipinski definition) is 5. The number of nitrogens with zero attached hydrogens (tertiary/aromatic N) is 2. The monoisotopic (exact) mass is 417 g/mol. The number of nitriles is 1. The SMILES string of the molecule is CCCCc1ccc(C#N)c(SCCC(=O)Nc2cc(C)c(Cl)cc2OC)n1. The molecule has 0 saturated carbocycles. The van der Waals surface area contributed by atoms with Crippen molar-refractivity contribution in [2.75, 3.05) is 18.2 Å². The molecule has 7 heteroatoms. The Bertz CT molecular complexity index is 881. The van der Waals surface area contributed by atoms with E-state index in [0.717, 1.165) is 30.5 Å². The summed E-state index contributed by atoms with van der Waals surface area (Å²) in [7, 11) is 1.53. The molecule has 0 aliphatic carbocycles. The maximum absolute atomic E-state index is 12.3. The van der Waals surface area contributed by atoms with Crippen molar-refractivity contribution in [3.63, 3.8) is 0 Å². The van der Waals surface area contributed by atoms with Gasteiger partial charge in [0.25, 0.3) is 0 Å². The highest BCUT2D eigenvalue weighted by Crippen LogP contribution is 2.31. The second kappa shape index (κ2) is 10.9. The summed E-state index contributed by atoms with van der Waals surface area (Å²) in [6.45, 7) is 4.00. The van der Waals surface area contributed by atoms with E-state index in [9.17, 15) is 10.1 Å². The van der Waals surface area contributed by atoms with E-state index in [0.29, 0.717) is 39.2 Å². The molecule has 1 N–H and O–H groups in total. The highest BCUT2D eigenvalue weighted by molar-refractivity contribution is 7.99. The Hall–Kier alpha value is -2.23. The number of rotatable bonds is 9. The molecule has 2 rings (SSSR count). The number of pyridine rings is 1. The molecule has 0 spiro atoms. The molecule has 148 valence electrons. The Morgan fingerprint density at radius 3 is 2.86 bits per heavy atom. The predicted molar refractivity (Wildman–Crippen MR) is 114 cm³/mol. The van der Waals surface area contributed by atoms with Crippen LogP contribution in [0.25, 0.3) is 0 Å². The highest BCUT2D eigenvalue weighted by atomic mass is 35.5. The van der Waals surface area contributed by atoms with E-state index in [1.807, 2.05) is 19.1 Å². The van der Waals surface area contributed by atoms with Crippen molar-refractivity contribution in [3.8, 4) is 11.8 Å². The lowest BCUT2D eigenvalue weighted by Gasteiger charge is -2.12. The van der Waals surface area contributed by atoms with Gasteiger partial charge in [0.15, 0.2) is 0 Å². The predicted octanol–water partition coefficient (Wildman–Crippen LogP) is 5.39. The van der Waals surface area contributed by atoms with Gasteiger partial charge >= 0.3 is 0 Å². The first-order valence-electron chi connectivity index (χ1n) is 9.15. The standard InChI is InChI=1S/C21H24ClN3O2S/c1-4-5-6-16-8-7-15(13-23)21(24-16)28-10-9-20(26)25-18-11-14(2)17(22)12-19(18)27-3/h7-8,11-12H,4-6,9-10H2,1-3H3,(H,25,26). The number of aryl methyl sites for hydroxylation is 2. The topological polar surface area (TPSA) is 75.0 Å². The fraction of sp³-hybridized carbons (Fsp3) is 0.381. The fourth-order valence-electron chi connectivity index (χ4n) is 2.55. The van der Waals surface area contributed by atoms with Crippen molar-refractivity contribution >= 4 is 35.0 Å². The van der Waals surface area contributed by atoms with Crippen LogP contribution in [0.15, 0.2) is 29.3 Å². The molecule has 1 aromatic heterocycles. The van der Waals surface area contributed by atoms with Crippen molar-refractivity contribution in [2.45, 2.75) is 44.6 Å². The first-order valence-corrected chi connectivity index (χ1v) is 10.5. The van der Waals surface area contributed by atoms with Gasteiger partial charge in [0.2, 0.25) is 5.91 Å². The number of hydrogen-bond donors (Lipinski definition) is 1. The maximum atomic E-state index is 12.3. The van der Waals surface area contributed by atoms with Crippen LogP contribution in [0.3, 0.4) is 0 Å². The lowest BCUT2D eigenvalue weighted by atomic mass is 10.2. The van der Waals surface area contributed by atoms with E-state index >= 15 is 0 Å². The first kappa shape index (κ1) is 22.1. The average Bonchev–Trinajstić information content (AvgIpc) is 2.69. The van der Waals surface area contributed by atoms with Gasteiger partial charge in [0.1, 0.15) is 16.8 Å². The largest absolute Gasteiger partial charge is 0.495 e. The second-order valence-corrected chi connectivity index (χ2v) is 7.81. The summed E-state index contributed by atoms with van der Waals surface area (Å²) in [4.78, 5) is 16.9. The molecule has 0 bridgehead atoms. The minimum Gasteiger partial charge on any atom is -0.495 e. The van der Waals surface area contributed by atoms with Gasteiger partial charge in [-0.2, -0.15) is 5.26 Å². The number of nitrogens with one attached hydrogen (secondary N) is 1. The van der Waals surface area contributed by atoms with Gasteiger partial charge in [0.05, 0.1) is 18.4 Å². The Morgan fingerprint density at radius 2 is 2.18 bits per heavy atom. The van der Waals surface area contributed by atoms with Gasteiger partial charge in [-0.1, -0.05) is 24.9 Å². The van der Waals surface area contributed by atoms with Crippen LogP contribution in [0.4, 0.5) is 5.69 Å². The number of unbranched alkanes of at least 4 members (excludes halogenated alkanes) is 1. The van der Waals surface area contributed by atoms with Gasteiger partial charge in [0, 0.05) is 29.0 Å². The maximum Gasteiger partial charge on any atom is 0.225 e. The van der Waals surface area contributed by atoms with Gasteiger partial charge in [-0.25, -0.2) is 4.98 Å². The van der Waals surface area contributed by atoms with Gasteiger partial charge in [-0.3, -0.25) is 4.79 Å². The van der Waals surface area contributed by atoms with Gasteiger partial charge < -0.3 is 10.1 Å². The van der Waals surface area contributed by atoms with Crippen LogP contribution in [-0.2, 0) is 11.2 Å². The van der Waals surface area contributed by atoms with E-state index in [-0.39, 0.29) is 5.91 Å². The van der Waals surface area contributed by atoms with Crippen molar-refractivity contribution in [3.05, 3.63) is 46.1 Å². The van der Waals surface area contributed by atoms with Crippen LogP contribution < -0.4 is 10.1 Å². The van der Waals surface area contributed by atoms with Gasteiger partial charge in [-0.05, 0) is 43.5 Å². The number of ether oxygens (including phenoxy) is 1. The minimum atomic E-state index is -0.131. The average molecular weight is 418 g/mol. The number of amides is 1. The summed E-state index contributed by atoms with van der Waals surface area (Å²) >= 11 is 7.52. The smallest absolute Gasteiger partial charge is 0.225 e. The Balaban J connectivity index is 1.97. The third-order valence-electron chi connectivity index (χ3n) is 4.15. The zero-order valence-corrected chi connectivity index (χ0v) is 17.9. The molecule has 0 saturated heterocycles. The molecule has 0 fully saturated rings. The minimum absolute atomic E-state index is 0.131.